The molecule has 1 aliphatic heterocycles. The molecule has 1 aliphatic rings. The van der Waals surface area contributed by atoms with E-state index in [-0.39, 0.29) is 27.6 Å². The summed E-state index contributed by atoms with van der Waals surface area (Å²) >= 11 is 0. The first-order valence-electron chi connectivity index (χ1n) is 8.45. The Kier molecular flexibility index (Phi) is 5.30. The Labute approximate surface area is 162 Å². The molecule has 0 spiro atoms. The fourth-order valence-corrected chi connectivity index (χ4v) is 4.03. The molecule has 0 aromatic heterocycles. The molecular formula is C19H18N2O6S. The lowest BCUT2D eigenvalue weighted by Crippen LogP contribution is -2.33. The van der Waals surface area contributed by atoms with E-state index in [0.717, 1.165) is 4.90 Å². The van der Waals surface area contributed by atoms with Gasteiger partial charge >= 0.3 is 5.97 Å². The average molecular weight is 402 g/mol. The number of ether oxygens (including phenoxy) is 1. The van der Waals surface area contributed by atoms with Crippen LogP contribution in [0.1, 0.15) is 44.9 Å². The van der Waals surface area contributed by atoms with E-state index in [1.165, 1.54) is 36.4 Å². The van der Waals surface area contributed by atoms with Gasteiger partial charge in [-0.1, -0.05) is 18.2 Å². The normalized spacial score (nSPS) is 13.8. The molecule has 0 unspecified atom stereocenters. The second-order valence-electron chi connectivity index (χ2n) is 6.45. The van der Waals surface area contributed by atoms with E-state index in [0.29, 0.717) is 0 Å². The molecule has 9 heteroatoms. The van der Waals surface area contributed by atoms with Crippen molar-refractivity contribution in [2.75, 3.05) is 6.73 Å². The topological polar surface area (TPSA) is 110 Å². The van der Waals surface area contributed by atoms with E-state index >= 15 is 0 Å². The van der Waals surface area contributed by atoms with Gasteiger partial charge in [0.25, 0.3) is 11.8 Å². The molecule has 0 saturated carbocycles. The van der Waals surface area contributed by atoms with Crippen LogP contribution in [-0.4, -0.2) is 43.9 Å². The van der Waals surface area contributed by atoms with Crippen LogP contribution in [0, 0.1) is 0 Å². The number of hydrogen-bond donors (Lipinski definition) is 1. The van der Waals surface area contributed by atoms with Crippen molar-refractivity contribution in [3.8, 4) is 0 Å². The molecule has 0 atom stereocenters. The van der Waals surface area contributed by atoms with Crippen LogP contribution in [0.4, 0.5) is 0 Å². The van der Waals surface area contributed by atoms with Crippen LogP contribution in [0.25, 0.3) is 0 Å². The molecular weight excluding hydrogens is 384 g/mol. The van der Waals surface area contributed by atoms with Gasteiger partial charge in [-0.15, -0.1) is 0 Å². The van der Waals surface area contributed by atoms with Gasteiger partial charge in [0, 0.05) is 6.04 Å². The van der Waals surface area contributed by atoms with Gasteiger partial charge in [-0.3, -0.25) is 9.59 Å². The van der Waals surface area contributed by atoms with Crippen molar-refractivity contribution in [1.29, 1.82) is 0 Å². The number of esters is 1. The molecule has 8 nitrogen and oxygen atoms in total. The number of nitrogens with zero attached hydrogens (tertiary/aromatic N) is 1. The standard InChI is InChI=1S/C19H18N2O6S/c1-12(2)20-28(25,26)14-7-5-6-13(10-14)19(24)27-11-21-17(22)15-8-3-4-9-16(15)18(21)23/h3-10,12,20H,11H2,1-2H3. The molecule has 28 heavy (non-hydrogen) atoms. The number of imide groups is 1. The van der Waals surface area contributed by atoms with Crippen molar-refractivity contribution in [3.05, 3.63) is 65.2 Å². The number of rotatable bonds is 6. The molecule has 2 aromatic carbocycles. The molecule has 0 fully saturated rings. The zero-order chi connectivity index (χ0) is 20.5. The summed E-state index contributed by atoms with van der Waals surface area (Å²) in [4.78, 5) is 37.6. The Morgan fingerprint density at radius 3 is 2.21 bits per heavy atom. The number of carbonyl (C=O) groups excluding carboxylic acids is 3. The Hall–Kier alpha value is -3.04. The summed E-state index contributed by atoms with van der Waals surface area (Å²) in [7, 11) is -3.78. The summed E-state index contributed by atoms with van der Waals surface area (Å²) in [5.74, 6) is -1.95. The number of nitrogens with one attached hydrogen (secondary N) is 1. The predicted molar refractivity (Wildman–Crippen MR) is 99.1 cm³/mol. The lowest BCUT2D eigenvalue weighted by atomic mass is 10.1. The molecule has 3 rings (SSSR count). The molecule has 1 heterocycles. The van der Waals surface area contributed by atoms with E-state index in [1.54, 1.807) is 26.0 Å². The minimum atomic E-state index is -3.78. The number of hydrogen-bond acceptors (Lipinski definition) is 6. The van der Waals surface area contributed by atoms with Crippen LogP contribution < -0.4 is 4.72 Å². The van der Waals surface area contributed by atoms with E-state index in [4.69, 9.17) is 4.74 Å². The fourth-order valence-electron chi connectivity index (χ4n) is 2.73. The number of sulfonamides is 1. The van der Waals surface area contributed by atoms with Crippen molar-refractivity contribution < 1.29 is 27.5 Å². The predicted octanol–water partition coefficient (Wildman–Crippen LogP) is 1.78. The smallest absolute Gasteiger partial charge is 0.339 e. The molecule has 1 N–H and O–H groups in total. The quantitative estimate of drug-likeness (QED) is 0.583. The first-order valence-corrected chi connectivity index (χ1v) is 9.94. The highest BCUT2D eigenvalue weighted by molar-refractivity contribution is 7.89. The highest BCUT2D eigenvalue weighted by atomic mass is 32.2. The third-order valence-corrected chi connectivity index (χ3v) is 5.63. The first-order chi connectivity index (χ1) is 13.2. The van der Waals surface area contributed by atoms with Gasteiger partial charge in [0.05, 0.1) is 21.6 Å². The maximum absolute atomic E-state index is 12.3. The van der Waals surface area contributed by atoms with Gasteiger partial charge in [-0.05, 0) is 44.2 Å². The van der Waals surface area contributed by atoms with Gasteiger partial charge in [0.2, 0.25) is 10.0 Å². The summed E-state index contributed by atoms with van der Waals surface area (Å²) < 4.78 is 32.0. The minimum absolute atomic E-state index is 0.0109. The zero-order valence-corrected chi connectivity index (χ0v) is 16.0. The lowest BCUT2D eigenvalue weighted by Gasteiger charge is -2.14. The van der Waals surface area contributed by atoms with E-state index in [1.807, 2.05) is 0 Å². The van der Waals surface area contributed by atoms with Crippen molar-refractivity contribution in [2.45, 2.75) is 24.8 Å². The summed E-state index contributed by atoms with van der Waals surface area (Å²) in [6, 6.07) is 11.3. The molecule has 0 aliphatic carbocycles. The van der Waals surface area contributed by atoms with Crippen LogP contribution in [0.15, 0.2) is 53.4 Å². The Bertz CT molecular complexity index is 1030. The molecule has 0 bridgehead atoms. The van der Waals surface area contributed by atoms with Crippen LogP contribution >= 0.6 is 0 Å². The zero-order valence-electron chi connectivity index (χ0n) is 15.2. The van der Waals surface area contributed by atoms with Gasteiger partial charge < -0.3 is 4.74 Å². The number of benzene rings is 2. The summed E-state index contributed by atoms with van der Waals surface area (Å²) in [5, 5.41) is 0. The second-order valence-corrected chi connectivity index (χ2v) is 8.16. The third-order valence-electron chi connectivity index (χ3n) is 3.97. The lowest BCUT2D eigenvalue weighted by molar-refractivity contribution is 0.0228. The first kappa shape index (κ1) is 19.7. The van der Waals surface area contributed by atoms with Crippen LogP contribution in [-0.2, 0) is 14.8 Å². The Morgan fingerprint density at radius 2 is 1.64 bits per heavy atom. The van der Waals surface area contributed by atoms with Gasteiger partial charge in [0.15, 0.2) is 6.73 Å². The largest absolute Gasteiger partial charge is 0.440 e. The maximum Gasteiger partial charge on any atom is 0.339 e. The maximum atomic E-state index is 12.3. The highest BCUT2D eigenvalue weighted by Gasteiger charge is 2.35. The minimum Gasteiger partial charge on any atom is -0.440 e. The van der Waals surface area contributed by atoms with E-state index in [9.17, 15) is 22.8 Å². The Morgan fingerprint density at radius 1 is 1.04 bits per heavy atom. The molecule has 2 amide bonds. The van der Waals surface area contributed by atoms with Gasteiger partial charge in [-0.2, -0.15) is 0 Å². The molecule has 146 valence electrons. The molecule has 0 saturated heterocycles. The summed E-state index contributed by atoms with van der Waals surface area (Å²) in [5.41, 5.74) is 0.482. The second kappa shape index (κ2) is 7.53. The SMILES string of the molecule is CC(C)NS(=O)(=O)c1cccc(C(=O)OCN2C(=O)c3ccccc3C2=O)c1. The van der Waals surface area contributed by atoms with Crippen molar-refractivity contribution in [2.24, 2.45) is 0 Å². The average Bonchev–Trinajstić information content (AvgIpc) is 2.90. The monoisotopic (exact) mass is 402 g/mol. The van der Waals surface area contributed by atoms with Gasteiger partial charge in [0.1, 0.15) is 0 Å². The van der Waals surface area contributed by atoms with E-state index < -0.39 is 34.5 Å². The van der Waals surface area contributed by atoms with Crippen LogP contribution in [0.5, 0.6) is 0 Å². The number of fused-ring (bicyclic) bond motifs is 1. The Balaban J connectivity index is 1.72. The van der Waals surface area contributed by atoms with Crippen LogP contribution in [0.3, 0.4) is 0 Å². The molecule has 2 aromatic rings. The van der Waals surface area contributed by atoms with Crippen molar-refractivity contribution >= 4 is 27.8 Å². The van der Waals surface area contributed by atoms with E-state index in [2.05, 4.69) is 4.72 Å². The highest BCUT2D eigenvalue weighted by Crippen LogP contribution is 2.22. The van der Waals surface area contributed by atoms with Crippen molar-refractivity contribution in [1.82, 2.24) is 9.62 Å². The van der Waals surface area contributed by atoms with Crippen LogP contribution in [0.2, 0.25) is 0 Å². The van der Waals surface area contributed by atoms with Gasteiger partial charge in [-0.25, -0.2) is 22.8 Å². The summed E-state index contributed by atoms with van der Waals surface area (Å²) in [6.07, 6.45) is 0. The number of amides is 2. The summed E-state index contributed by atoms with van der Waals surface area (Å²) in [6.45, 7) is 2.79. The fraction of sp³-hybridized carbons (Fsp3) is 0.211. The molecule has 0 radical (unpaired) electrons. The van der Waals surface area contributed by atoms with Crippen molar-refractivity contribution in [3.63, 3.8) is 0 Å². The number of carbonyl (C=O) groups is 3. The third kappa shape index (κ3) is 3.80.